The van der Waals surface area contributed by atoms with Crippen LogP contribution in [-0.4, -0.2) is 25.5 Å². The summed E-state index contributed by atoms with van der Waals surface area (Å²) in [6.45, 7) is 3.24. The first-order valence-electron chi connectivity index (χ1n) is 11.4. The monoisotopic (exact) mass is 368 g/mol. The van der Waals surface area contributed by atoms with Gasteiger partial charge in [-0.3, -0.25) is 4.79 Å². The summed E-state index contributed by atoms with van der Waals surface area (Å²) in [6.07, 6.45) is 14.7. The van der Waals surface area contributed by atoms with Crippen molar-refractivity contribution in [2.75, 3.05) is 24.5 Å². The van der Waals surface area contributed by atoms with Gasteiger partial charge in [-0.25, -0.2) is 0 Å². The molecule has 1 saturated heterocycles. The van der Waals surface area contributed by atoms with E-state index in [0.717, 1.165) is 44.1 Å². The largest absolute Gasteiger partial charge is 0.317 e. The predicted octanol–water partition coefficient (Wildman–Crippen LogP) is 4.87. The number of benzene rings is 1. The maximum absolute atomic E-state index is 12.9. The molecule has 148 valence electrons. The third kappa shape index (κ3) is 4.93. The fourth-order valence-corrected chi connectivity index (χ4v) is 5.39. The van der Waals surface area contributed by atoms with Gasteiger partial charge in [0.2, 0.25) is 5.91 Å². The summed E-state index contributed by atoms with van der Waals surface area (Å²) in [4.78, 5) is 15.0. The molecule has 1 aromatic carbocycles. The fourth-order valence-electron chi connectivity index (χ4n) is 5.39. The van der Waals surface area contributed by atoms with Gasteiger partial charge < -0.3 is 10.2 Å². The Labute approximate surface area is 164 Å². The lowest BCUT2D eigenvalue weighted by Crippen LogP contribution is -2.35. The van der Waals surface area contributed by atoms with E-state index >= 15 is 0 Å². The maximum atomic E-state index is 12.9. The fraction of sp³-hybridized carbons (Fsp3) is 0.708. The van der Waals surface area contributed by atoms with Crippen molar-refractivity contribution in [1.82, 2.24) is 5.32 Å². The van der Waals surface area contributed by atoms with Crippen molar-refractivity contribution in [2.45, 2.75) is 77.0 Å². The molecule has 0 aromatic heterocycles. The second kappa shape index (κ2) is 9.23. The minimum atomic E-state index is 0.354. The van der Waals surface area contributed by atoms with E-state index in [1.165, 1.54) is 81.3 Å². The number of anilines is 1. The van der Waals surface area contributed by atoms with Crippen LogP contribution >= 0.6 is 0 Å². The highest BCUT2D eigenvalue weighted by Gasteiger charge is 2.24. The standard InChI is InChI=1S/C24H36N2O/c27-24(11-9-19-5-2-1-3-6-19)26-16-4-7-22-18-21(8-10-23(22)26)17-20-12-14-25-15-13-20/h8,10,18-20,25H,1-7,9,11-17H2. The van der Waals surface area contributed by atoms with Crippen LogP contribution in [0.2, 0.25) is 0 Å². The highest BCUT2D eigenvalue weighted by molar-refractivity contribution is 5.94. The number of hydrogen-bond donors (Lipinski definition) is 1. The van der Waals surface area contributed by atoms with Crippen LogP contribution in [0.3, 0.4) is 0 Å². The zero-order valence-electron chi connectivity index (χ0n) is 16.8. The Hall–Kier alpha value is -1.35. The van der Waals surface area contributed by atoms with Gasteiger partial charge >= 0.3 is 0 Å². The Kier molecular flexibility index (Phi) is 6.49. The zero-order chi connectivity index (χ0) is 18.5. The molecule has 2 fully saturated rings. The Morgan fingerprint density at radius 3 is 2.63 bits per heavy atom. The molecule has 0 bridgehead atoms. The second-order valence-corrected chi connectivity index (χ2v) is 9.05. The molecule has 0 atom stereocenters. The Bertz CT molecular complexity index is 629. The van der Waals surface area contributed by atoms with Gasteiger partial charge in [-0.2, -0.15) is 0 Å². The normalized spacial score (nSPS) is 21.9. The lowest BCUT2D eigenvalue weighted by atomic mass is 9.86. The second-order valence-electron chi connectivity index (χ2n) is 9.05. The number of fused-ring (bicyclic) bond motifs is 1. The van der Waals surface area contributed by atoms with E-state index < -0.39 is 0 Å². The van der Waals surface area contributed by atoms with Crippen molar-refractivity contribution in [1.29, 1.82) is 0 Å². The number of nitrogens with one attached hydrogen (secondary N) is 1. The number of piperidine rings is 1. The summed E-state index contributed by atoms with van der Waals surface area (Å²) in [5.41, 5.74) is 4.07. The minimum Gasteiger partial charge on any atom is -0.317 e. The van der Waals surface area contributed by atoms with Crippen molar-refractivity contribution in [2.24, 2.45) is 11.8 Å². The zero-order valence-corrected chi connectivity index (χ0v) is 16.8. The average molecular weight is 369 g/mol. The SMILES string of the molecule is O=C(CCC1CCCCC1)N1CCCc2cc(CC3CCNCC3)ccc21. The van der Waals surface area contributed by atoms with Gasteiger partial charge in [0.15, 0.2) is 0 Å². The predicted molar refractivity (Wildman–Crippen MR) is 112 cm³/mol. The molecule has 1 amide bonds. The molecule has 1 saturated carbocycles. The lowest BCUT2D eigenvalue weighted by molar-refractivity contribution is -0.119. The van der Waals surface area contributed by atoms with Gasteiger partial charge in [-0.1, -0.05) is 44.2 Å². The third-order valence-corrected chi connectivity index (χ3v) is 7.04. The third-order valence-electron chi connectivity index (χ3n) is 7.04. The topological polar surface area (TPSA) is 32.3 Å². The van der Waals surface area contributed by atoms with E-state index in [4.69, 9.17) is 0 Å². The van der Waals surface area contributed by atoms with E-state index in [1.807, 2.05) is 0 Å². The van der Waals surface area contributed by atoms with Crippen molar-refractivity contribution < 1.29 is 4.79 Å². The number of amides is 1. The molecule has 1 aliphatic carbocycles. The molecule has 2 aliphatic heterocycles. The summed E-state index contributed by atoms with van der Waals surface area (Å²) in [5, 5.41) is 3.46. The number of hydrogen-bond acceptors (Lipinski definition) is 2. The maximum Gasteiger partial charge on any atom is 0.226 e. The smallest absolute Gasteiger partial charge is 0.226 e. The van der Waals surface area contributed by atoms with E-state index in [9.17, 15) is 4.79 Å². The summed E-state index contributed by atoms with van der Waals surface area (Å²) in [5.74, 6) is 1.97. The quantitative estimate of drug-likeness (QED) is 0.804. The van der Waals surface area contributed by atoms with Gasteiger partial charge in [0.25, 0.3) is 0 Å². The summed E-state index contributed by atoms with van der Waals surface area (Å²) in [7, 11) is 0. The highest BCUT2D eigenvalue weighted by Crippen LogP contribution is 2.32. The van der Waals surface area contributed by atoms with Crippen LogP contribution in [0.4, 0.5) is 5.69 Å². The average Bonchev–Trinajstić information content (AvgIpc) is 2.73. The number of carbonyl (C=O) groups excluding carboxylic acids is 1. The molecule has 1 aromatic rings. The van der Waals surface area contributed by atoms with E-state index in [-0.39, 0.29) is 0 Å². The molecule has 0 unspecified atom stereocenters. The molecule has 27 heavy (non-hydrogen) atoms. The van der Waals surface area contributed by atoms with Crippen LogP contribution in [0.1, 0.15) is 75.3 Å². The van der Waals surface area contributed by atoms with Crippen LogP contribution in [0, 0.1) is 11.8 Å². The van der Waals surface area contributed by atoms with Gasteiger partial charge in [0.1, 0.15) is 0 Å². The summed E-state index contributed by atoms with van der Waals surface area (Å²) in [6, 6.07) is 6.93. The van der Waals surface area contributed by atoms with E-state index in [1.54, 1.807) is 0 Å². The summed E-state index contributed by atoms with van der Waals surface area (Å²) < 4.78 is 0. The van der Waals surface area contributed by atoms with Crippen LogP contribution in [0.5, 0.6) is 0 Å². The molecular formula is C24H36N2O. The van der Waals surface area contributed by atoms with Crippen molar-refractivity contribution in [3.63, 3.8) is 0 Å². The van der Waals surface area contributed by atoms with Crippen molar-refractivity contribution >= 4 is 11.6 Å². The molecule has 3 heteroatoms. The summed E-state index contributed by atoms with van der Waals surface area (Å²) >= 11 is 0. The first-order valence-corrected chi connectivity index (χ1v) is 11.4. The molecule has 3 aliphatic rings. The van der Waals surface area contributed by atoms with Gasteiger partial charge in [0, 0.05) is 18.7 Å². The van der Waals surface area contributed by atoms with E-state index in [2.05, 4.69) is 28.4 Å². The molecule has 3 nitrogen and oxygen atoms in total. The first-order chi connectivity index (χ1) is 13.3. The molecule has 0 spiro atoms. The molecule has 1 N–H and O–H groups in total. The van der Waals surface area contributed by atoms with E-state index in [0.29, 0.717) is 5.91 Å². The van der Waals surface area contributed by atoms with Crippen molar-refractivity contribution in [3.8, 4) is 0 Å². The molecule has 2 heterocycles. The van der Waals surface area contributed by atoms with Crippen LogP contribution in [0.25, 0.3) is 0 Å². The number of rotatable bonds is 5. The minimum absolute atomic E-state index is 0.354. The molecule has 4 rings (SSSR count). The lowest BCUT2D eigenvalue weighted by Gasteiger charge is -2.31. The molecule has 0 radical (unpaired) electrons. The van der Waals surface area contributed by atoms with Gasteiger partial charge in [-0.15, -0.1) is 0 Å². The highest BCUT2D eigenvalue weighted by atomic mass is 16.2. The Balaban J connectivity index is 1.37. The number of nitrogens with zero attached hydrogens (tertiary/aromatic N) is 1. The Morgan fingerprint density at radius 1 is 1.00 bits per heavy atom. The first kappa shape index (κ1) is 19.0. The number of carbonyl (C=O) groups is 1. The van der Waals surface area contributed by atoms with Crippen LogP contribution in [-0.2, 0) is 17.6 Å². The Morgan fingerprint density at radius 2 is 1.81 bits per heavy atom. The van der Waals surface area contributed by atoms with Gasteiger partial charge in [0.05, 0.1) is 0 Å². The van der Waals surface area contributed by atoms with Gasteiger partial charge in [-0.05, 0) is 80.6 Å². The van der Waals surface area contributed by atoms with Crippen LogP contribution < -0.4 is 10.2 Å². The number of aryl methyl sites for hydroxylation is 1. The van der Waals surface area contributed by atoms with Crippen molar-refractivity contribution in [3.05, 3.63) is 29.3 Å². The van der Waals surface area contributed by atoms with Crippen LogP contribution in [0.15, 0.2) is 18.2 Å². The molecular weight excluding hydrogens is 332 g/mol.